The van der Waals surface area contributed by atoms with Gasteiger partial charge in [-0.25, -0.2) is 0 Å². The highest BCUT2D eigenvalue weighted by atomic mass is 16.3. The molecule has 6 aromatic rings. The number of anilines is 2. The summed E-state index contributed by atoms with van der Waals surface area (Å²) >= 11 is 0. The predicted molar refractivity (Wildman–Crippen MR) is 146 cm³/mol. The van der Waals surface area contributed by atoms with E-state index in [1.807, 2.05) is 12.1 Å². The summed E-state index contributed by atoms with van der Waals surface area (Å²) in [5.74, 6) is 0. The van der Waals surface area contributed by atoms with Crippen molar-refractivity contribution in [3.8, 4) is 22.3 Å². The maximum atomic E-state index is 6.02. The van der Waals surface area contributed by atoms with E-state index in [2.05, 4.69) is 116 Å². The number of rotatable bonds is 3. The lowest BCUT2D eigenvalue weighted by Gasteiger charge is -2.21. The van der Waals surface area contributed by atoms with Gasteiger partial charge in [-0.15, -0.1) is 0 Å². The molecule has 5 aromatic carbocycles. The number of fused-ring (bicyclic) bond motifs is 6. The van der Waals surface area contributed by atoms with Crippen molar-refractivity contribution in [3.05, 3.63) is 120 Å². The second-order valence-electron chi connectivity index (χ2n) is 9.91. The fourth-order valence-electron chi connectivity index (χ4n) is 5.70. The van der Waals surface area contributed by atoms with Gasteiger partial charge in [0.05, 0.1) is 0 Å². The lowest BCUT2D eigenvalue weighted by atomic mass is 9.82. The third-order valence-electron chi connectivity index (χ3n) is 7.46. The third kappa shape index (κ3) is 3.03. The number of hydrogen-bond acceptors (Lipinski definition) is 2. The van der Waals surface area contributed by atoms with Crippen molar-refractivity contribution in [2.45, 2.75) is 19.3 Å². The fourth-order valence-corrected chi connectivity index (χ4v) is 5.70. The molecule has 1 heterocycles. The zero-order valence-corrected chi connectivity index (χ0v) is 19.8. The first-order valence-electron chi connectivity index (χ1n) is 12.1. The van der Waals surface area contributed by atoms with Gasteiger partial charge in [0.2, 0.25) is 0 Å². The Labute approximate surface area is 204 Å². The molecule has 0 bridgehead atoms. The molecule has 0 unspecified atom stereocenters. The lowest BCUT2D eigenvalue weighted by Crippen LogP contribution is -2.14. The zero-order chi connectivity index (χ0) is 23.6. The second kappa shape index (κ2) is 7.35. The van der Waals surface area contributed by atoms with Crippen LogP contribution in [0.4, 0.5) is 11.4 Å². The first-order chi connectivity index (χ1) is 17.1. The van der Waals surface area contributed by atoms with Crippen LogP contribution in [0.25, 0.3) is 44.2 Å². The minimum absolute atomic E-state index is 0.00571. The summed E-state index contributed by atoms with van der Waals surface area (Å²) in [5, 5.41) is 6.04. The van der Waals surface area contributed by atoms with Crippen LogP contribution in [-0.2, 0) is 5.41 Å². The van der Waals surface area contributed by atoms with Crippen LogP contribution in [0.5, 0.6) is 0 Å². The van der Waals surface area contributed by atoms with Gasteiger partial charge in [0.1, 0.15) is 11.2 Å². The number of furan rings is 1. The molecule has 1 aliphatic rings. The molecule has 0 radical (unpaired) electrons. The first-order valence-corrected chi connectivity index (χ1v) is 12.1. The van der Waals surface area contributed by atoms with Crippen molar-refractivity contribution in [3.63, 3.8) is 0 Å². The zero-order valence-electron chi connectivity index (χ0n) is 19.8. The topological polar surface area (TPSA) is 25.2 Å². The molecule has 1 N–H and O–H groups in total. The normalized spacial score (nSPS) is 13.7. The Hall–Kier alpha value is -4.30. The van der Waals surface area contributed by atoms with E-state index >= 15 is 0 Å². The molecule has 0 atom stereocenters. The van der Waals surface area contributed by atoms with E-state index in [9.17, 15) is 0 Å². The summed E-state index contributed by atoms with van der Waals surface area (Å²) in [6.07, 6.45) is 0. The van der Waals surface area contributed by atoms with E-state index in [1.165, 1.54) is 33.4 Å². The SMILES string of the molecule is CC1(C)c2ccccc2-c2c(Nc3cccc(-c4ccc5oc6ccccc6c5c4)c3)cccc21. The molecule has 1 aromatic heterocycles. The van der Waals surface area contributed by atoms with E-state index in [0.717, 1.165) is 33.3 Å². The van der Waals surface area contributed by atoms with Gasteiger partial charge in [0.25, 0.3) is 0 Å². The number of para-hydroxylation sites is 1. The molecule has 0 fully saturated rings. The number of benzene rings is 5. The smallest absolute Gasteiger partial charge is 0.135 e. The molecule has 1 aliphatic carbocycles. The third-order valence-corrected chi connectivity index (χ3v) is 7.46. The molecule has 2 heteroatoms. The molecule has 2 nitrogen and oxygen atoms in total. The van der Waals surface area contributed by atoms with Crippen molar-refractivity contribution in [1.82, 2.24) is 0 Å². The minimum Gasteiger partial charge on any atom is -0.456 e. The maximum absolute atomic E-state index is 6.02. The fraction of sp³-hybridized carbons (Fsp3) is 0.0909. The van der Waals surface area contributed by atoms with Crippen LogP contribution < -0.4 is 5.32 Å². The van der Waals surface area contributed by atoms with Gasteiger partial charge in [-0.1, -0.05) is 86.6 Å². The van der Waals surface area contributed by atoms with Crippen LogP contribution in [0.1, 0.15) is 25.0 Å². The molecule has 35 heavy (non-hydrogen) atoms. The van der Waals surface area contributed by atoms with Gasteiger partial charge in [0.15, 0.2) is 0 Å². The first kappa shape index (κ1) is 20.1. The van der Waals surface area contributed by atoms with Crippen LogP contribution >= 0.6 is 0 Å². The molecule has 0 amide bonds. The molecule has 0 saturated heterocycles. The summed E-state index contributed by atoms with van der Waals surface area (Å²) in [5.41, 5.74) is 11.8. The highest BCUT2D eigenvalue weighted by Gasteiger charge is 2.36. The second-order valence-corrected chi connectivity index (χ2v) is 9.91. The highest BCUT2D eigenvalue weighted by Crippen LogP contribution is 2.51. The van der Waals surface area contributed by atoms with E-state index in [0.29, 0.717) is 0 Å². The van der Waals surface area contributed by atoms with Gasteiger partial charge in [0, 0.05) is 33.1 Å². The molecule has 0 saturated carbocycles. The van der Waals surface area contributed by atoms with Crippen LogP contribution in [0.2, 0.25) is 0 Å². The van der Waals surface area contributed by atoms with Crippen molar-refractivity contribution >= 4 is 33.3 Å². The van der Waals surface area contributed by atoms with Crippen LogP contribution in [0.3, 0.4) is 0 Å². The maximum Gasteiger partial charge on any atom is 0.135 e. The Bertz CT molecular complexity index is 1750. The van der Waals surface area contributed by atoms with Crippen molar-refractivity contribution in [2.75, 3.05) is 5.32 Å². The van der Waals surface area contributed by atoms with Crippen molar-refractivity contribution in [2.24, 2.45) is 0 Å². The molecular weight excluding hydrogens is 426 g/mol. The molecule has 0 aliphatic heterocycles. The summed E-state index contributed by atoms with van der Waals surface area (Å²) in [7, 11) is 0. The minimum atomic E-state index is -0.00571. The molecule has 168 valence electrons. The van der Waals surface area contributed by atoms with Gasteiger partial charge in [-0.2, -0.15) is 0 Å². The van der Waals surface area contributed by atoms with Gasteiger partial charge < -0.3 is 9.73 Å². The van der Waals surface area contributed by atoms with Crippen LogP contribution in [0.15, 0.2) is 114 Å². The summed E-state index contributed by atoms with van der Waals surface area (Å²) < 4.78 is 6.02. The summed E-state index contributed by atoms with van der Waals surface area (Å²) in [4.78, 5) is 0. The van der Waals surface area contributed by atoms with Crippen molar-refractivity contribution < 1.29 is 4.42 Å². The van der Waals surface area contributed by atoms with Crippen LogP contribution in [-0.4, -0.2) is 0 Å². The summed E-state index contributed by atoms with van der Waals surface area (Å²) in [6.45, 7) is 4.63. The predicted octanol–water partition coefficient (Wildman–Crippen LogP) is 9.30. The van der Waals surface area contributed by atoms with Gasteiger partial charge in [-0.3, -0.25) is 0 Å². The Kier molecular flexibility index (Phi) is 4.22. The summed E-state index contributed by atoms with van der Waals surface area (Å²) in [6, 6.07) is 38.7. The Morgan fingerprint density at radius 1 is 0.600 bits per heavy atom. The van der Waals surface area contributed by atoms with E-state index in [1.54, 1.807) is 0 Å². The Morgan fingerprint density at radius 2 is 1.34 bits per heavy atom. The number of nitrogens with one attached hydrogen (secondary N) is 1. The average molecular weight is 452 g/mol. The average Bonchev–Trinajstić information content (AvgIpc) is 3.37. The van der Waals surface area contributed by atoms with Gasteiger partial charge in [-0.05, 0) is 64.2 Å². The Morgan fingerprint density at radius 3 is 2.29 bits per heavy atom. The monoisotopic (exact) mass is 451 g/mol. The highest BCUT2D eigenvalue weighted by molar-refractivity contribution is 6.06. The van der Waals surface area contributed by atoms with E-state index < -0.39 is 0 Å². The molecule has 0 spiro atoms. The Balaban J connectivity index is 1.30. The van der Waals surface area contributed by atoms with Gasteiger partial charge >= 0.3 is 0 Å². The van der Waals surface area contributed by atoms with Crippen LogP contribution in [0, 0.1) is 0 Å². The van der Waals surface area contributed by atoms with E-state index in [4.69, 9.17) is 4.42 Å². The molecule has 7 rings (SSSR count). The quantitative estimate of drug-likeness (QED) is 0.290. The molecular formula is C33H25NO. The standard InChI is InChI=1S/C33H25NO/c1-33(2)27-13-5-3-12-25(27)32-28(33)14-8-15-29(32)34-23-10-7-9-21(19-23)22-17-18-31-26(20-22)24-11-4-6-16-30(24)35-31/h3-20,34H,1-2H3. The largest absolute Gasteiger partial charge is 0.456 e. The van der Waals surface area contributed by atoms with Crippen molar-refractivity contribution in [1.29, 1.82) is 0 Å². The van der Waals surface area contributed by atoms with E-state index in [-0.39, 0.29) is 5.41 Å². The number of hydrogen-bond donors (Lipinski definition) is 1. The lowest BCUT2D eigenvalue weighted by molar-refractivity contribution is 0.660.